The lowest BCUT2D eigenvalue weighted by molar-refractivity contribution is -0.838. The van der Waals surface area contributed by atoms with Gasteiger partial charge in [-0.05, 0) is 26.7 Å². The standard InChI is InChI=1S/C22H27N9O2/c1-4-30-20(14-8-24-12(2)25-9-14)29-17-19(26-11-27-21(17)30)28-15-7-16(18(23)32)31(3,10-15)22(33)13-5-6-13/h8-9,11,13,15-16H,4-7,10H2,1-3H3,(H2-,23,26,27,28,32)/p+1/t15-,16+,31?/m0/s1. The van der Waals surface area contributed by atoms with Crippen molar-refractivity contribution in [2.24, 2.45) is 11.7 Å². The number of rotatable bonds is 6. The SMILES string of the molecule is CCn1c(-c2cnc(C)nc2)nc2c(N[C@H]3C[C@H](C(N)=O)[N+](C)(C(=O)C4CC4)C3)ncnc21. The van der Waals surface area contributed by atoms with Crippen molar-refractivity contribution in [1.29, 1.82) is 0 Å². The summed E-state index contributed by atoms with van der Waals surface area (Å²) in [5.41, 5.74) is 7.82. The molecule has 0 bridgehead atoms. The number of amides is 2. The highest BCUT2D eigenvalue weighted by atomic mass is 16.2. The Labute approximate surface area is 191 Å². The number of hydrogen-bond acceptors (Lipinski definition) is 8. The van der Waals surface area contributed by atoms with Crippen LogP contribution in [0, 0.1) is 12.8 Å². The summed E-state index contributed by atoms with van der Waals surface area (Å²) in [5, 5.41) is 3.43. The number of imidazole rings is 1. The maximum atomic E-state index is 13.0. The summed E-state index contributed by atoms with van der Waals surface area (Å²) in [6.45, 7) is 4.99. The van der Waals surface area contributed by atoms with Crippen LogP contribution in [0.4, 0.5) is 5.82 Å². The van der Waals surface area contributed by atoms with Crippen molar-refractivity contribution in [3.8, 4) is 11.4 Å². The summed E-state index contributed by atoms with van der Waals surface area (Å²) in [7, 11) is 1.83. The minimum absolute atomic E-state index is 0.0425. The molecule has 1 aliphatic heterocycles. The van der Waals surface area contributed by atoms with Crippen molar-refractivity contribution in [3.63, 3.8) is 0 Å². The van der Waals surface area contributed by atoms with Crippen LogP contribution in [0.1, 0.15) is 32.0 Å². The van der Waals surface area contributed by atoms with Crippen molar-refractivity contribution in [2.45, 2.75) is 51.7 Å². The van der Waals surface area contributed by atoms with E-state index in [9.17, 15) is 9.59 Å². The van der Waals surface area contributed by atoms with Crippen LogP contribution in [0.15, 0.2) is 18.7 Å². The van der Waals surface area contributed by atoms with Crippen molar-refractivity contribution in [2.75, 3.05) is 18.9 Å². The van der Waals surface area contributed by atoms with Gasteiger partial charge in [-0.2, -0.15) is 0 Å². The predicted octanol–water partition coefficient (Wildman–Crippen LogP) is 1.03. The van der Waals surface area contributed by atoms with Gasteiger partial charge in [0.2, 0.25) is 0 Å². The quantitative estimate of drug-likeness (QED) is 0.531. The molecule has 11 heteroatoms. The Hall–Kier alpha value is -3.47. The number of nitrogens with two attached hydrogens (primary N) is 1. The third-order valence-electron chi connectivity index (χ3n) is 6.78. The molecule has 3 aromatic rings. The molecule has 0 aromatic carbocycles. The van der Waals surface area contributed by atoms with Crippen LogP contribution in [0.25, 0.3) is 22.6 Å². The number of nitrogens with one attached hydrogen (secondary N) is 1. The van der Waals surface area contributed by atoms with Gasteiger partial charge >= 0.3 is 5.91 Å². The van der Waals surface area contributed by atoms with Crippen LogP contribution < -0.4 is 11.1 Å². The van der Waals surface area contributed by atoms with E-state index in [0.29, 0.717) is 48.1 Å². The summed E-state index contributed by atoms with van der Waals surface area (Å²) in [6, 6.07) is -0.701. The zero-order chi connectivity index (χ0) is 23.3. The Morgan fingerprint density at radius 2 is 1.94 bits per heavy atom. The van der Waals surface area contributed by atoms with E-state index in [1.807, 2.05) is 25.5 Å². The third kappa shape index (κ3) is 3.62. The summed E-state index contributed by atoms with van der Waals surface area (Å²) in [6.07, 6.45) is 7.24. The summed E-state index contributed by atoms with van der Waals surface area (Å²) < 4.78 is 2.04. The fourth-order valence-electron chi connectivity index (χ4n) is 4.92. The van der Waals surface area contributed by atoms with Crippen LogP contribution in [-0.2, 0) is 16.1 Å². The number of nitrogens with zero attached hydrogens (tertiary/aromatic N) is 7. The first kappa shape index (κ1) is 21.4. The Balaban J connectivity index is 1.49. The second kappa shape index (κ2) is 7.84. The molecule has 2 aliphatic rings. The molecule has 11 nitrogen and oxygen atoms in total. The van der Waals surface area contributed by atoms with E-state index in [1.54, 1.807) is 12.4 Å². The number of carbonyl (C=O) groups is 2. The van der Waals surface area contributed by atoms with Crippen molar-refractivity contribution < 1.29 is 14.1 Å². The van der Waals surface area contributed by atoms with Gasteiger partial charge in [0.25, 0.3) is 5.91 Å². The molecule has 3 atom stereocenters. The second-order valence-electron chi connectivity index (χ2n) is 9.15. The smallest absolute Gasteiger partial charge is 0.317 e. The third-order valence-corrected chi connectivity index (χ3v) is 6.78. The Bertz CT molecular complexity index is 1230. The molecule has 0 spiro atoms. The first-order chi connectivity index (χ1) is 15.8. The molecule has 2 amide bonds. The zero-order valence-electron chi connectivity index (χ0n) is 19.0. The molecule has 2 fully saturated rings. The molecule has 3 aromatic heterocycles. The average molecular weight is 451 g/mol. The van der Waals surface area contributed by atoms with Gasteiger partial charge in [0, 0.05) is 25.4 Å². The lowest BCUT2D eigenvalue weighted by Crippen LogP contribution is -2.58. The van der Waals surface area contributed by atoms with Crippen molar-refractivity contribution in [1.82, 2.24) is 29.5 Å². The average Bonchev–Trinajstić information content (AvgIpc) is 3.48. The van der Waals surface area contributed by atoms with Gasteiger partial charge in [-0.1, -0.05) is 0 Å². The molecule has 1 aliphatic carbocycles. The number of fused-ring (bicyclic) bond motifs is 1. The number of quaternary nitrogens is 1. The van der Waals surface area contributed by atoms with Crippen LogP contribution in [-0.4, -0.2) is 71.5 Å². The molecular formula is C22H28N9O2+. The van der Waals surface area contributed by atoms with E-state index in [-0.39, 0.29) is 22.3 Å². The number of anilines is 1. The van der Waals surface area contributed by atoms with Gasteiger partial charge in [-0.25, -0.2) is 29.7 Å². The fourth-order valence-corrected chi connectivity index (χ4v) is 4.92. The van der Waals surface area contributed by atoms with Crippen molar-refractivity contribution in [3.05, 3.63) is 24.5 Å². The molecule has 172 valence electrons. The summed E-state index contributed by atoms with van der Waals surface area (Å²) in [5.74, 6) is 1.67. The van der Waals surface area contributed by atoms with Crippen molar-refractivity contribution >= 4 is 28.8 Å². The molecule has 3 N–H and O–H groups in total. The maximum Gasteiger partial charge on any atom is 0.317 e. The predicted molar refractivity (Wildman–Crippen MR) is 121 cm³/mol. The number of likely N-dealkylation sites (N-methyl/N-ethyl adjacent to an activating group) is 1. The Morgan fingerprint density at radius 3 is 2.58 bits per heavy atom. The van der Waals surface area contributed by atoms with Gasteiger partial charge in [0.05, 0.1) is 24.6 Å². The largest absolute Gasteiger partial charge is 0.364 e. The monoisotopic (exact) mass is 450 g/mol. The maximum absolute atomic E-state index is 13.0. The molecular weight excluding hydrogens is 422 g/mol. The first-order valence-electron chi connectivity index (χ1n) is 11.3. The topological polar surface area (TPSA) is 142 Å². The number of likely N-dealkylation sites (tertiary alicyclic amines) is 1. The highest BCUT2D eigenvalue weighted by Crippen LogP contribution is 2.38. The lowest BCUT2D eigenvalue weighted by Gasteiger charge is -2.31. The first-order valence-corrected chi connectivity index (χ1v) is 11.3. The van der Waals surface area contributed by atoms with Crippen LogP contribution in [0.2, 0.25) is 0 Å². The molecule has 0 radical (unpaired) electrons. The van der Waals surface area contributed by atoms with Gasteiger partial charge in [0.15, 0.2) is 23.0 Å². The molecule has 1 saturated carbocycles. The number of hydrogen-bond donors (Lipinski definition) is 2. The van der Waals surface area contributed by atoms with Crippen LogP contribution in [0.5, 0.6) is 0 Å². The van der Waals surface area contributed by atoms with E-state index in [1.165, 1.54) is 6.33 Å². The second-order valence-corrected chi connectivity index (χ2v) is 9.15. The Kier molecular flexibility index (Phi) is 5.08. The molecule has 5 rings (SSSR count). The normalized spacial score (nSPS) is 24.8. The van der Waals surface area contributed by atoms with Gasteiger partial charge < -0.3 is 15.6 Å². The summed E-state index contributed by atoms with van der Waals surface area (Å²) >= 11 is 0. The summed E-state index contributed by atoms with van der Waals surface area (Å²) in [4.78, 5) is 47.5. The minimum atomic E-state index is -0.554. The number of primary amides is 1. The molecule has 4 heterocycles. The van der Waals surface area contributed by atoms with Gasteiger partial charge in [-0.15, -0.1) is 0 Å². The van der Waals surface area contributed by atoms with E-state index >= 15 is 0 Å². The van der Waals surface area contributed by atoms with Crippen LogP contribution >= 0.6 is 0 Å². The highest BCUT2D eigenvalue weighted by molar-refractivity contribution is 5.87. The number of aryl methyl sites for hydroxylation is 2. The van der Waals surface area contributed by atoms with Gasteiger partial charge in [0.1, 0.15) is 24.5 Å². The number of aromatic nitrogens is 6. The fraction of sp³-hybridized carbons (Fsp3) is 0.500. The molecule has 33 heavy (non-hydrogen) atoms. The number of carbonyl (C=O) groups excluding carboxylic acids is 2. The van der Waals surface area contributed by atoms with Gasteiger partial charge in [-0.3, -0.25) is 9.28 Å². The molecule has 1 unspecified atom stereocenters. The van der Waals surface area contributed by atoms with E-state index < -0.39 is 11.9 Å². The van der Waals surface area contributed by atoms with E-state index in [2.05, 4.69) is 25.3 Å². The minimum Gasteiger partial charge on any atom is -0.364 e. The van der Waals surface area contributed by atoms with E-state index in [0.717, 1.165) is 18.4 Å². The van der Waals surface area contributed by atoms with Crippen LogP contribution in [0.3, 0.4) is 0 Å². The lowest BCUT2D eigenvalue weighted by atomic mass is 10.1. The Morgan fingerprint density at radius 1 is 1.21 bits per heavy atom. The molecule has 1 saturated heterocycles. The van der Waals surface area contributed by atoms with E-state index in [4.69, 9.17) is 10.7 Å². The highest BCUT2D eigenvalue weighted by Gasteiger charge is 2.55. The zero-order valence-corrected chi connectivity index (χ0v) is 19.0.